The van der Waals surface area contributed by atoms with Gasteiger partial charge in [0, 0.05) is 38.3 Å². The largest absolute Gasteiger partial charge is 0.340 e. The van der Waals surface area contributed by atoms with Crippen LogP contribution in [0.4, 0.5) is 4.39 Å². The zero-order valence-electron chi connectivity index (χ0n) is 20.6. The van der Waals surface area contributed by atoms with Gasteiger partial charge in [-0.15, -0.1) is 0 Å². The van der Waals surface area contributed by atoms with Crippen LogP contribution in [0.5, 0.6) is 0 Å². The first-order chi connectivity index (χ1) is 16.9. The Kier molecular flexibility index (Phi) is 6.56. The summed E-state index contributed by atoms with van der Waals surface area (Å²) < 4.78 is 16.1. The van der Waals surface area contributed by atoms with Crippen molar-refractivity contribution in [1.82, 2.24) is 9.80 Å². The Morgan fingerprint density at radius 3 is 2.60 bits per heavy atom. The van der Waals surface area contributed by atoms with Gasteiger partial charge in [-0.1, -0.05) is 53.8 Å². The minimum absolute atomic E-state index is 0.133. The molecule has 0 radical (unpaired) electrons. The fourth-order valence-electron chi connectivity index (χ4n) is 4.96. The van der Waals surface area contributed by atoms with Gasteiger partial charge in [-0.25, -0.2) is 4.39 Å². The normalized spacial score (nSPS) is 15.9. The highest BCUT2D eigenvalue weighted by molar-refractivity contribution is 7.11. The minimum Gasteiger partial charge on any atom is -0.340 e. The van der Waals surface area contributed by atoms with Crippen molar-refractivity contribution in [3.63, 3.8) is 0 Å². The van der Waals surface area contributed by atoms with E-state index in [1.807, 2.05) is 46.6 Å². The molecule has 0 atom stereocenters. The lowest BCUT2D eigenvalue weighted by atomic mass is 9.97. The summed E-state index contributed by atoms with van der Waals surface area (Å²) in [5.41, 5.74) is 6.20. The number of thiazole rings is 1. The van der Waals surface area contributed by atoms with Crippen molar-refractivity contribution in [2.45, 2.75) is 33.1 Å². The summed E-state index contributed by atoms with van der Waals surface area (Å²) in [7, 11) is 2.12. The Balaban J connectivity index is 1.39. The van der Waals surface area contributed by atoms with Gasteiger partial charge >= 0.3 is 0 Å². The maximum atomic E-state index is 13.9. The molecule has 1 amide bonds. The molecule has 0 N–H and O–H groups in total. The molecule has 0 fully saturated rings. The molecule has 4 nitrogen and oxygen atoms in total. The van der Waals surface area contributed by atoms with E-state index in [0.717, 1.165) is 54.7 Å². The molecule has 2 aromatic carbocycles. The van der Waals surface area contributed by atoms with E-state index in [0.29, 0.717) is 5.56 Å². The third-order valence-corrected chi connectivity index (χ3v) is 8.35. The Morgan fingerprint density at radius 2 is 1.83 bits per heavy atom. The van der Waals surface area contributed by atoms with Crippen LogP contribution in [0.3, 0.4) is 0 Å². The Morgan fingerprint density at radius 1 is 1.06 bits per heavy atom. The number of allylic oxidation sites excluding steroid dienone is 2. The first kappa shape index (κ1) is 23.5. The van der Waals surface area contributed by atoms with Crippen molar-refractivity contribution in [2.75, 3.05) is 19.6 Å². The SMILES string of the molecule is Cc1cc(C2=CN(CC(=O)N3CCc4sc(C)[n+](C)c4CC3)C(c3ccccc3)=CC2)ccc1F. The lowest BCUT2D eigenvalue weighted by molar-refractivity contribution is -0.680. The number of aryl methyl sites for hydroxylation is 2. The fourth-order valence-corrected chi connectivity index (χ4v) is 6.12. The smallest absolute Gasteiger partial charge is 0.242 e. The number of carbonyl (C=O) groups excluding carboxylic acids is 1. The maximum Gasteiger partial charge on any atom is 0.242 e. The van der Waals surface area contributed by atoms with E-state index < -0.39 is 0 Å². The second-order valence-corrected chi connectivity index (χ2v) is 10.6. The summed E-state index contributed by atoms with van der Waals surface area (Å²) in [6, 6.07) is 15.4. The van der Waals surface area contributed by atoms with Crippen molar-refractivity contribution < 1.29 is 13.8 Å². The van der Waals surface area contributed by atoms with Crippen LogP contribution < -0.4 is 4.57 Å². The number of hydrogen-bond acceptors (Lipinski definition) is 3. The van der Waals surface area contributed by atoms with Gasteiger partial charge in [-0.3, -0.25) is 4.79 Å². The van der Waals surface area contributed by atoms with Gasteiger partial charge in [0.25, 0.3) is 0 Å². The van der Waals surface area contributed by atoms with Crippen molar-refractivity contribution in [2.24, 2.45) is 7.05 Å². The zero-order valence-corrected chi connectivity index (χ0v) is 21.4. The van der Waals surface area contributed by atoms with E-state index in [1.165, 1.54) is 21.6 Å². The predicted molar refractivity (Wildman–Crippen MR) is 139 cm³/mol. The summed E-state index contributed by atoms with van der Waals surface area (Å²) >= 11 is 1.85. The number of halogens is 1. The van der Waals surface area contributed by atoms with Crippen LogP contribution in [0.25, 0.3) is 11.3 Å². The van der Waals surface area contributed by atoms with Crippen molar-refractivity contribution in [3.8, 4) is 0 Å². The molecule has 3 heterocycles. The number of rotatable bonds is 4. The molecule has 0 saturated heterocycles. The molecule has 2 aliphatic heterocycles. The number of nitrogens with zero attached hydrogens (tertiary/aromatic N) is 3. The van der Waals surface area contributed by atoms with Crippen molar-refractivity contribution in [3.05, 3.63) is 98.9 Å². The van der Waals surface area contributed by atoms with Crippen molar-refractivity contribution in [1.29, 1.82) is 0 Å². The second-order valence-electron chi connectivity index (χ2n) is 9.34. The van der Waals surface area contributed by atoms with Gasteiger partial charge in [0.05, 0.1) is 11.3 Å². The third-order valence-electron chi connectivity index (χ3n) is 7.09. The lowest BCUT2D eigenvalue weighted by Crippen LogP contribution is -2.41. The Labute approximate surface area is 210 Å². The molecular formula is C29H31FN3OS+. The van der Waals surface area contributed by atoms with Crippen LogP contribution in [0.2, 0.25) is 0 Å². The highest BCUT2D eigenvalue weighted by Gasteiger charge is 2.28. The third kappa shape index (κ3) is 4.80. The molecule has 180 valence electrons. The van der Waals surface area contributed by atoms with Crippen LogP contribution in [0, 0.1) is 19.7 Å². The Hall–Kier alpha value is -3.25. The average Bonchev–Trinajstić information content (AvgIpc) is 3.01. The summed E-state index contributed by atoms with van der Waals surface area (Å²) in [4.78, 5) is 19.0. The lowest BCUT2D eigenvalue weighted by Gasteiger charge is -2.31. The summed E-state index contributed by atoms with van der Waals surface area (Å²) in [5, 5.41) is 1.31. The summed E-state index contributed by atoms with van der Waals surface area (Å²) in [6.45, 7) is 5.71. The standard InChI is InChI=1S/C29H31FN3OS/c1-20-17-23(9-11-25(20)30)24-10-12-26(22-7-5-4-6-8-22)33(18-24)19-29(34)32-15-13-27-28(14-16-32)35-21(2)31(27)3/h4-9,11-12,17-18H,10,13-16,19H2,1-3H3/q+1. The molecule has 6 heteroatoms. The maximum absolute atomic E-state index is 13.9. The molecule has 1 aromatic heterocycles. The topological polar surface area (TPSA) is 27.4 Å². The average molecular weight is 489 g/mol. The van der Waals surface area contributed by atoms with Crippen LogP contribution in [-0.4, -0.2) is 35.3 Å². The van der Waals surface area contributed by atoms with Gasteiger partial charge in [0.2, 0.25) is 10.9 Å². The van der Waals surface area contributed by atoms with Gasteiger partial charge in [0.15, 0.2) is 5.69 Å². The van der Waals surface area contributed by atoms with E-state index >= 15 is 0 Å². The number of benzene rings is 2. The van der Waals surface area contributed by atoms with E-state index in [-0.39, 0.29) is 18.3 Å². The highest BCUT2D eigenvalue weighted by Crippen LogP contribution is 2.32. The first-order valence-electron chi connectivity index (χ1n) is 12.1. The highest BCUT2D eigenvalue weighted by atomic mass is 32.1. The number of carbonyl (C=O) groups is 1. The molecule has 0 aliphatic carbocycles. The first-order valence-corrected chi connectivity index (χ1v) is 13.0. The molecular weight excluding hydrogens is 457 g/mol. The predicted octanol–water partition coefficient (Wildman–Crippen LogP) is 5.04. The molecule has 0 saturated carbocycles. The van der Waals surface area contributed by atoms with E-state index in [2.05, 4.69) is 47.8 Å². The summed E-state index contributed by atoms with van der Waals surface area (Å²) in [5.74, 6) is -0.0647. The van der Waals surface area contributed by atoms with Crippen LogP contribution in [0.1, 0.15) is 38.7 Å². The molecule has 2 aliphatic rings. The number of aromatic nitrogens is 1. The van der Waals surface area contributed by atoms with Crippen LogP contribution in [0.15, 0.2) is 60.8 Å². The monoisotopic (exact) mass is 488 g/mol. The van der Waals surface area contributed by atoms with Crippen molar-refractivity contribution >= 4 is 28.5 Å². The second kappa shape index (κ2) is 9.78. The molecule has 35 heavy (non-hydrogen) atoms. The van der Waals surface area contributed by atoms with Gasteiger partial charge in [-0.05, 0) is 47.7 Å². The molecule has 0 spiro atoms. The van der Waals surface area contributed by atoms with E-state index in [9.17, 15) is 9.18 Å². The van der Waals surface area contributed by atoms with E-state index in [4.69, 9.17) is 0 Å². The number of amides is 1. The van der Waals surface area contributed by atoms with Crippen LogP contribution >= 0.6 is 11.3 Å². The fraction of sp³-hybridized carbons (Fsp3) is 0.310. The minimum atomic E-state index is -0.198. The quantitative estimate of drug-likeness (QED) is 0.481. The zero-order chi connectivity index (χ0) is 24.5. The number of hydrogen-bond donors (Lipinski definition) is 0. The molecule has 3 aromatic rings. The summed E-state index contributed by atoms with van der Waals surface area (Å²) in [6.07, 6.45) is 6.79. The molecule has 5 rings (SSSR count). The van der Waals surface area contributed by atoms with Gasteiger partial charge in [0.1, 0.15) is 19.4 Å². The Bertz CT molecular complexity index is 1330. The molecule has 0 unspecified atom stereocenters. The van der Waals surface area contributed by atoms with Gasteiger partial charge in [-0.2, -0.15) is 4.57 Å². The molecule has 0 bridgehead atoms. The van der Waals surface area contributed by atoms with Crippen LogP contribution in [-0.2, 0) is 24.7 Å². The van der Waals surface area contributed by atoms with E-state index in [1.54, 1.807) is 6.92 Å². The van der Waals surface area contributed by atoms with Gasteiger partial charge < -0.3 is 9.80 Å². The number of fused-ring (bicyclic) bond motifs is 1.